The van der Waals surface area contributed by atoms with Crippen molar-refractivity contribution in [2.24, 2.45) is 0 Å². The normalized spacial score (nSPS) is 15.7. The number of rotatable bonds is 2. The number of nitrogens with zero attached hydrogens (tertiary/aromatic N) is 2. The second kappa shape index (κ2) is 3.85. The molecule has 2 unspecified atom stereocenters. The first-order valence-electron chi connectivity index (χ1n) is 4.05. The van der Waals surface area contributed by atoms with Crippen molar-refractivity contribution in [1.82, 2.24) is 9.97 Å². The van der Waals surface area contributed by atoms with Crippen LogP contribution in [0.25, 0.3) is 0 Å². The summed E-state index contributed by atoms with van der Waals surface area (Å²) < 4.78 is 0. The lowest BCUT2D eigenvalue weighted by Crippen LogP contribution is -2.09. The molecule has 0 bridgehead atoms. The molecular formula is C9H13ClN2. The zero-order chi connectivity index (χ0) is 9.14. The topological polar surface area (TPSA) is 25.8 Å². The van der Waals surface area contributed by atoms with Crippen LogP contribution in [0.4, 0.5) is 0 Å². The van der Waals surface area contributed by atoms with Crippen LogP contribution < -0.4 is 0 Å². The van der Waals surface area contributed by atoms with Crippen LogP contribution >= 0.6 is 11.6 Å². The summed E-state index contributed by atoms with van der Waals surface area (Å²) in [7, 11) is 0. The minimum atomic E-state index is 0.0757. The van der Waals surface area contributed by atoms with Gasteiger partial charge in [-0.25, -0.2) is 9.97 Å². The average molecular weight is 185 g/mol. The van der Waals surface area contributed by atoms with Gasteiger partial charge in [0.25, 0.3) is 0 Å². The molecule has 0 aliphatic carbocycles. The monoisotopic (exact) mass is 184 g/mol. The standard InChI is InChI=1S/C9H13ClN2/c1-6-4-5-11-9(12-6)7(2)8(3)10/h4-5,7-8H,1-3H3. The number of alkyl halides is 1. The summed E-state index contributed by atoms with van der Waals surface area (Å²) in [5.41, 5.74) is 0.990. The highest BCUT2D eigenvalue weighted by Crippen LogP contribution is 2.18. The van der Waals surface area contributed by atoms with Crippen molar-refractivity contribution in [3.63, 3.8) is 0 Å². The minimum Gasteiger partial charge on any atom is -0.241 e. The van der Waals surface area contributed by atoms with E-state index in [9.17, 15) is 0 Å². The van der Waals surface area contributed by atoms with Gasteiger partial charge in [0.1, 0.15) is 5.82 Å². The molecule has 0 N–H and O–H groups in total. The van der Waals surface area contributed by atoms with E-state index >= 15 is 0 Å². The van der Waals surface area contributed by atoms with Gasteiger partial charge in [0, 0.05) is 23.2 Å². The molecular weight excluding hydrogens is 172 g/mol. The molecule has 2 nitrogen and oxygen atoms in total. The van der Waals surface area contributed by atoms with E-state index in [0.29, 0.717) is 0 Å². The Labute approximate surface area is 78.0 Å². The third-order valence-electron chi connectivity index (χ3n) is 1.91. The molecule has 1 aromatic rings. The molecule has 0 aromatic carbocycles. The van der Waals surface area contributed by atoms with Crippen molar-refractivity contribution in [3.8, 4) is 0 Å². The highest BCUT2D eigenvalue weighted by atomic mass is 35.5. The maximum absolute atomic E-state index is 5.94. The highest BCUT2D eigenvalue weighted by Gasteiger charge is 2.13. The van der Waals surface area contributed by atoms with Gasteiger partial charge in [0.2, 0.25) is 0 Å². The summed E-state index contributed by atoms with van der Waals surface area (Å²) in [5.74, 6) is 1.05. The van der Waals surface area contributed by atoms with Crippen molar-refractivity contribution >= 4 is 11.6 Å². The van der Waals surface area contributed by atoms with Gasteiger partial charge in [-0.15, -0.1) is 11.6 Å². The van der Waals surface area contributed by atoms with Crippen molar-refractivity contribution in [1.29, 1.82) is 0 Å². The zero-order valence-electron chi connectivity index (χ0n) is 7.58. The lowest BCUT2D eigenvalue weighted by Gasteiger charge is -2.11. The van der Waals surface area contributed by atoms with Crippen LogP contribution in [0.1, 0.15) is 31.3 Å². The first-order chi connectivity index (χ1) is 5.61. The molecule has 0 radical (unpaired) electrons. The summed E-state index contributed by atoms with van der Waals surface area (Å²) in [5, 5.41) is 0.0757. The van der Waals surface area contributed by atoms with Crippen LogP contribution in [0, 0.1) is 6.92 Å². The van der Waals surface area contributed by atoms with Crippen LogP contribution in [0.2, 0.25) is 0 Å². The van der Waals surface area contributed by atoms with Crippen LogP contribution in [-0.4, -0.2) is 15.3 Å². The molecule has 0 aliphatic rings. The van der Waals surface area contributed by atoms with E-state index in [1.165, 1.54) is 0 Å². The van der Waals surface area contributed by atoms with Gasteiger partial charge >= 0.3 is 0 Å². The fourth-order valence-corrected chi connectivity index (χ4v) is 1.01. The molecule has 12 heavy (non-hydrogen) atoms. The van der Waals surface area contributed by atoms with E-state index in [1.54, 1.807) is 6.20 Å². The van der Waals surface area contributed by atoms with Gasteiger partial charge in [-0.3, -0.25) is 0 Å². The Morgan fingerprint density at radius 2 is 2.08 bits per heavy atom. The summed E-state index contributed by atoms with van der Waals surface area (Å²) in [6.07, 6.45) is 1.77. The van der Waals surface area contributed by atoms with Crippen LogP contribution in [-0.2, 0) is 0 Å². The molecule has 0 saturated heterocycles. The van der Waals surface area contributed by atoms with Crippen molar-refractivity contribution in [2.75, 3.05) is 0 Å². The first-order valence-corrected chi connectivity index (χ1v) is 4.48. The van der Waals surface area contributed by atoms with Crippen molar-refractivity contribution < 1.29 is 0 Å². The number of hydrogen-bond donors (Lipinski definition) is 0. The molecule has 3 heteroatoms. The molecule has 0 fully saturated rings. The predicted molar refractivity (Wildman–Crippen MR) is 50.5 cm³/mol. The number of aryl methyl sites for hydroxylation is 1. The Hall–Kier alpha value is -0.630. The van der Waals surface area contributed by atoms with Crippen LogP contribution in [0.3, 0.4) is 0 Å². The molecule has 1 aromatic heterocycles. The Morgan fingerprint density at radius 3 is 2.58 bits per heavy atom. The molecule has 66 valence electrons. The van der Waals surface area contributed by atoms with Gasteiger partial charge in [0.15, 0.2) is 0 Å². The highest BCUT2D eigenvalue weighted by molar-refractivity contribution is 6.20. The largest absolute Gasteiger partial charge is 0.241 e. The molecule has 1 heterocycles. The van der Waals surface area contributed by atoms with Crippen LogP contribution in [0.15, 0.2) is 12.3 Å². The third-order valence-corrected chi connectivity index (χ3v) is 2.29. The summed E-state index contributed by atoms with van der Waals surface area (Å²) in [6.45, 7) is 5.95. The van der Waals surface area contributed by atoms with Gasteiger partial charge in [0.05, 0.1) is 0 Å². The fourth-order valence-electron chi connectivity index (χ4n) is 0.893. The van der Waals surface area contributed by atoms with Gasteiger partial charge < -0.3 is 0 Å². The molecule has 0 saturated carbocycles. The molecule has 0 spiro atoms. The lowest BCUT2D eigenvalue weighted by molar-refractivity contribution is 0.682. The number of aromatic nitrogens is 2. The predicted octanol–water partition coefficient (Wildman–Crippen LogP) is 2.52. The molecule has 0 amide bonds. The molecule has 1 rings (SSSR count). The zero-order valence-corrected chi connectivity index (χ0v) is 8.34. The van der Waals surface area contributed by atoms with Gasteiger partial charge in [-0.05, 0) is 19.9 Å². The van der Waals surface area contributed by atoms with Crippen molar-refractivity contribution in [3.05, 3.63) is 23.8 Å². The van der Waals surface area contributed by atoms with E-state index in [2.05, 4.69) is 9.97 Å². The van der Waals surface area contributed by atoms with E-state index < -0.39 is 0 Å². The smallest absolute Gasteiger partial charge is 0.132 e. The fraction of sp³-hybridized carbons (Fsp3) is 0.556. The lowest BCUT2D eigenvalue weighted by atomic mass is 10.1. The van der Waals surface area contributed by atoms with E-state index in [-0.39, 0.29) is 11.3 Å². The van der Waals surface area contributed by atoms with Crippen molar-refractivity contribution in [2.45, 2.75) is 32.1 Å². The molecule has 0 aliphatic heterocycles. The third kappa shape index (κ3) is 2.18. The SMILES string of the molecule is Cc1ccnc(C(C)C(C)Cl)n1. The maximum Gasteiger partial charge on any atom is 0.132 e. The minimum absolute atomic E-state index is 0.0757. The van der Waals surface area contributed by atoms with Gasteiger partial charge in [-0.1, -0.05) is 6.92 Å². The maximum atomic E-state index is 5.94. The van der Waals surface area contributed by atoms with E-state index in [1.807, 2.05) is 26.8 Å². The first kappa shape index (κ1) is 9.46. The second-order valence-corrected chi connectivity index (χ2v) is 3.71. The summed E-state index contributed by atoms with van der Waals surface area (Å²) >= 11 is 5.94. The second-order valence-electron chi connectivity index (χ2n) is 3.02. The Kier molecular flexibility index (Phi) is 3.04. The van der Waals surface area contributed by atoms with E-state index in [0.717, 1.165) is 11.5 Å². The summed E-state index contributed by atoms with van der Waals surface area (Å²) in [6, 6.07) is 1.88. The van der Waals surface area contributed by atoms with Gasteiger partial charge in [-0.2, -0.15) is 0 Å². The number of hydrogen-bond acceptors (Lipinski definition) is 2. The Bertz CT molecular complexity index is 260. The molecule has 2 atom stereocenters. The summed E-state index contributed by atoms with van der Waals surface area (Å²) in [4.78, 5) is 8.46. The number of halogens is 1. The van der Waals surface area contributed by atoms with Crippen LogP contribution in [0.5, 0.6) is 0 Å². The van der Waals surface area contributed by atoms with E-state index in [4.69, 9.17) is 11.6 Å². The average Bonchev–Trinajstić information content (AvgIpc) is 2.03. The Balaban J connectivity index is 2.88. The quantitative estimate of drug-likeness (QED) is 0.661. The Morgan fingerprint density at radius 1 is 1.42 bits per heavy atom.